The predicted molar refractivity (Wildman–Crippen MR) is 134 cm³/mol. The van der Waals surface area contributed by atoms with Gasteiger partial charge in [-0.15, -0.1) is 11.6 Å². The molecule has 1 aliphatic carbocycles. The largest absolute Gasteiger partial charge is 0.493 e. The Morgan fingerprint density at radius 2 is 1.68 bits per heavy atom. The van der Waals surface area contributed by atoms with Crippen LogP contribution < -0.4 is 14.8 Å². The Bertz CT molecular complexity index is 971. The highest BCUT2D eigenvalue weighted by molar-refractivity contribution is 6.27. The summed E-state index contributed by atoms with van der Waals surface area (Å²) in [5, 5.41) is 3.21. The van der Waals surface area contributed by atoms with Crippen molar-refractivity contribution < 1.29 is 19.1 Å². The molecular weight excluding hydrogens is 452 g/mol. The van der Waals surface area contributed by atoms with Crippen molar-refractivity contribution >= 4 is 23.4 Å². The number of hydrogen-bond acceptors (Lipinski definition) is 4. The Morgan fingerprint density at radius 1 is 1.03 bits per heavy atom. The van der Waals surface area contributed by atoms with Crippen molar-refractivity contribution in [2.45, 2.75) is 58.2 Å². The van der Waals surface area contributed by atoms with E-state index in [-0.39, 0.29) is 30.3 Å². The lowest BCUT2D eigenvalue weighted by Gasteiger charge is -2.34. The van der Waals surface area contributed by atoms with Gasteiger partial charge in [0.2, 0.25) is 11.8 Å². The quantitative estimate of drug-likeness (QED) is 0.505. The summed E-state index contributed by atoms with van der Waals surface area (Å²) >= 11 is 6.02. The van der Waals surface area contributed by atoms with Crippen LogP contribution in [0.3, 0.4) is 0 Å². The van der Waals surface area contributed by atoms with Gasteiger partial charge < -0.3 is 19.7 Å². The molecule has 0 heterocycles. The number of nitrogens with one attached hydrogen (secondary N) is 1. The smallest absolute Gasteiger partial charge is 0.247 e. The van der Waals surface area contributed by atoms with Gasteiger partial charge in [-0.3, -0.25) is 9.59 Å². The molecule has 0 spiro atoms. The first-order chi connectivity index (χ1) is 16.4. The van der Waals surface area contributed by atoms with E-state index < -0.39 is 6.04 Å². The van der Waals surface area contributed by atoms with Crippen LogP contribution in [0, 0.1) is 12.8 Å². The number of rotatable bonds is 9. The minimum Gasteiger partial charge on any atom is -0.493 e. The van der Waals surface area contributed by atoms with Crippen molar-refractivity contribution in [3.8, 4) is 11.5 Å². The van der Waals surface area contributed by atoms with E-state index in [4.69, 9.17) is 21.1 Å². The van der Waals surface area contributed by atoms with Crippen molar-refractivity contribution in [3.63, 3.8) is 0 Å². The summed E-state index contributed by atoms with van der Waals surface area (Å²) in [6.07, 6.45) is 4.04. The zero-order valence-corrected chi connectivity index (χ0v) is 21.2. The van der Waals surface area contributed by atoms with Gasteiger partial charge in [-0.05, 0) is 61.8 Å². The lowest BCUT2D eigenvalue weighted by Crippen LogP contribution is -2.47. The number of carbonyl (C=O) groups excluding carboxylic acids is 2. The number of carbonyl (C=O) groups is 2. The molecule has 0 bridgehead atoms. The maximum atomic E-state index is 13.7. The number of aryl methyl sites for hydroxylation is 1. The number of methoxy groups -OCH3 is 2. The third-order valence-corrected chi connectivity index (χ3v) is 6.78. The summed E-state index contributed by atoms with van der Waals surface area (Å²) in [5.74, 6) is 0.986. The maximum Gasteiger partial charge on any atom is 0.247 e. The van der Waals surface area contributed by atoms with E-state index in [2.05, 4.69) is 12.2 Å². The molecule has 2 amide bonds. The molecule has 0 aliphatic heterocycles. The van der Waals surface area contributed by atoms with Gasteiger partial charge in [0.25, 0.3) is 0 Å². The summed E-state index contributed by atoms with van der Waals surface area (Å²) in [7, 11) is 3.11. The average molecular weight is 487 g/mol. The standard InChI is InChI=1S/C27H35ClN2O4/c1-18-5-9-20(10-6-18)17-30(25(31)16-28)26(21-11-14-23(33-3)24(15-21)34-4)27(32)29-22-12-7-19(2)8-13-22/h5-6,9-11,14-15,19,22,26H,7-8,12-13,16-17H2,1-4H3,(H,29,32). The number of hydrogen-bond donors (Lipinski definition) is 1. The highest BCUT2D eigenvalue weighted by Crippen LogP contribution is 2.34. The van der Waals surface area contributed by atoms with E-state index in [0.717, 1.165) is 36.8 Å². The number of alkyl halides is 1. The zero-order valence-electron chi connectivity index (χ0n) is 20.5. The zero-order chi connectivity index (χ0) is 24.7. The lowest BCUT2D eigenvalue weighted by atomic mass is 9.87. The van der Waals surface area contributed by atoms with Crippen LogP contribution in [-0.2, 0) is 16.1 Å². The second-order valence-corrected chi connectivity index (χ2v) is 9.39. The first-order valence-corrected chi connectivity index (χ1v) is 12.3. The molecule has 1 unspecified atom stereocenters. The van der Waals surface area contributed by atoms with Gasteiger partial charge in [-0.2, -0.15) is 0 Å². The van der Waals surface area contributed by atoms with Gasteiger partial charge in [-0.1, -0.05) is 42.8 Å². The van der Waals surface area contributed by atoms with Crippen LogP contribution >= 0.6 is 11.6 Å². The number of ether oxygens (including phenoxy) is 2. The normalized spacial score (nSPS) is 18.6. The Balaban J connectivity index is 1.99. The molecule has 0 saturated heterocycles. The molecule has 6 nitrogen and oxygen atoms in total. The van der Waals surface area contributed by atoms with Gasteiger partial charge >= 0.3 is 0 Å². The molecule has 0 radical (unpaired) electrons. The van der Waals surface area contributed by atoms with Gasteiger partial charge in [0.1, 0.15) is 11.9 Å². The van der Waals surface area contributed by atoms with Crippen molar-refractivity contribution in [2.75, 3.05) is 20.1 Å². The van der Waals surface area contributed by atoms with Crippen molar-refractivity contribution in [2.24, 2.45) is 5.92 Å². The Hall–Kier alpha value is -2.73. The molecular formula is C27H35ClN2O4. The summed E-state index contributed by atoms with van der Waals surface area (Å²) in [6.45, 7) is 4.52. The summed E-state index contributed by atoms with van der Waals surface area (Å²) in [4.78, 5) is 28.4. The van der Waals surface area contributed by atoms with E-state index in [1.165, 1.54) is 0 Å². The van der Waals surface area contributed by atoms with Crippen LogP contribution in [0.1, 0.15) is 55.3 Å². The number of benzene rings is 2. The molecule has 7 heteroatoms. The second-order valence-electron chi connectivity index (χ2n) is 9.12. The Kier molecular flexibility index (Phi) is 9.22. The van der Waals surface area contributed by atoms with Gasteiger partial charge in [0.15, 0.2) is 11.5 Å². The minimum absolute atomic E-state index is 0.0960. The minimum atomic E-state index is -0.855. The summed E-state index contributed by atoms with van der Waals surface area (Å²) in [5.41, 5.74) is 2.69. The first kappa shape index (κ1) is 25.9. The van der Waals surface area contributed by atoms with E-state index in [0.29, 0.717) is 23.0 Å². The maximum absolute atomic E-state index is 13.7. The molecule has 0 aromatic heterocycles. The molecule has 34 heavy (non-hydrogen) atoms. The van der Waals surface area contributed by atoms with E-state index in [1.54, 1.807) is 37.3 Å². The van der Waals surface area contributed by atoms with Crippen molar-refractivity contribution in [1.82, 2.24) is 10.2 Å². The lowest BCUT2D eigenvalue weighted by molar-refractivity contribution is -0.140. The molecule has 3 rings (SSSR count). The molecule has 1 fully saturated rings. The van der Waals surface area contributed by atoms with Gasteiger partial charge in [0, 0.05) is 12.6 Å². The Morgan fingerprint density at radius 3 is 2.26 bits per heavy atom. The monoisotopic (exact) mass is 486 g/mol. The highest BCUT2D eigenvalue weighted by atomic mass is 35.5. The van der Waals surface area contributed by atoms with Gasteiger partial charge in [-0.25, -0.2) is 0 Å². The fourth-order valence-electron chi connectivity index (χ4n) is 4.47. The number of amides is 2. The average Bonchev–Trinajstić information content (AvgIpc) is 2.85. The molecule has 184 valence electrons. The number of halogens is 1. The first-order valence-electron chi connectivity index (χ1n) is 11.8. The summed E-state index contributed by atoms with van der Waals surface area (Å²) in [6, 6.07) is 12.5. The summed E-state index contributed by atoms with van der Waals surface area (Å²) < 4.78 is 10.9. The molecule has 1 N–H and O–H groups in total. The molecule has 1 saturated carbocycles. The number of nitrogens with zero attached hydrogens (tertiary/aromatic N) is 1. The highest BCUT2D eigenvalue weighted by Gasteiger charge is 2.33. The van der Waals surface area contributed by atoms with Crippen LogP contribution in [0.5, 0.6) is 11.5 Å². The van der Waals surface area contributed by atoms with Gasteiger partial charge in [0.05, 0.1) is 14.2 Å². The van der Waals surface area contributed by atoms with Crippen molar-refractivity contribution in [3.05, 3.63) is 59.2 Å². The third kappa shape index (κ3) is 6.44. The van der Waals surface area contributed by atoms with Crippen molar-refractivity contribution in [1.29, 1.82) is 0 Å². The van der Waals surface area contributed by atoms with E-state index in [9.17, 15) is 9.59 Å². The van der Waals surface area contributed by atoms with Crippen LogP contribution in [0.4, 0.5) is 0 Å². The van der Waals surface area contributed by atoms with Crippen LogP contribution in [0.15, 0.2) is 42.5 Å². The molecule has 1 aliphatic rings. The fourth-order valence-corrected chi connectivity index (χ4v) is 4.62. The third-order valence-electron chi connectivity index (χ3n) is 6.55. The van der Waals surface area contributed by atoms with Crippen LogP contribution in [0.2, 0.25) is 0 Å². The molecule has 2 aromatic carbocycles. The Labute approximate surface area is 207 Å². The van der Waals surface area contributed by atoms with Crippen LogP contribution in [-0.4, -0.2) is 42.9 Å². The predicted octanol–water partition coefficient (Wildman–Crippen LogP) is 5.02. The second kappa shape index (κ2) is 12.1. The van der Waals surface area contributed by atoms with E-state index in [1.807, 2.05) is 31.2 Å². The molecule has 1 atom stereocenters. The molecule has 2 aromatic rings. The topological polar surface area (TPSA) is 67.9 Å². The van der Waals surface area contributed by atoms with E-state index >= 15 is 0 Å². The fraction of sp³-hybridized carbons (Fsp3) is 0.481. The SMILES string of the molecule is COc1ccc(C(C(=O)NC2CCC(C)CC2)N(Cc2ccc(C)cc2)C(=O)CCl)cc1OC. The van der Waals surface area contributed by atoms with Crippen LogP contribution in [0.25, 0.3) is 0 Å².